The van der Waals surface area contributed by atoms with Gasteiger partial charge in [0.05, 0.1) is 5.69 Å². The summed E-state index contributed by atoms with van der Waals surface area (Å²) in [6.07, 6.45) is 0. The van der Waals surface area contributed by atoms with E-state index in [4.69, 9.17) is 4.42 Å². The van der Waals surface area contributed by atoms with Crippen LogP contribution in [0.5, 0.6) is 0 Å². The average Bonchev–Trinajstić information content (AvgIpc) is 3.91. The van der Waals surface area contributed by atoms with Crippen LogP contribution in [0, 0.1) is 0 Å². The lowest BCUT2D eigenvalue weighted by molar-refractivity contribution is 0.669. The number of hydrogen-bond acceptors (Lipinski definition) is 3. The number of hydrogen-bond donors (Lipinski definition) is 0. The third kappa shape index (κ3) is 5.93. The molecule has 0 unspecified atom stereocenters. The summed E-state index contributed by atoms with van der Waals surface area (Å²) in [6.45, 7) is 0. The number of furan rings is 1. The molecule has 10 aromatic carbocycles. The maximum atomic E-state index is 6.30. The lowest BCUT2D eigenvalue weighted by Crippen LogP contribution is -2.11. The van der Waals surface area contributed by atoms with E-state index in [1.807, 2.05) is 23.5 Å². The van der Waals surface area contributed by atoms with Crippen molar-refractivity contribution in [3.05, 3.63) is 224 Å². The molecule has 0 amide bonds. The molecule has 0 fully saturated rings. The van der Waals surface area contributed by atoms with Crippen molar-refractivity contribution in [2.24, 2.45) is 0 Å². The Bertz CT molecular complexity index is 3590. The summed E-state index contributed by atoms with van der Waals surface area (Å²) >= 11 is 1.87. The molecule has 61 heavy (non-hydrogen) atoms. The van der Waals surface area contributed by atoms with Gasteiger partial charge in [0.1, 0.15) is 11.2 Å². The molecular formula is C58H37NOS. The molecule has 0 aliphatic carbocycles. The number of fused-ring (bicyclic) bond motifs is 7. The topological polar surface area (TPSA) is 16.4 Å². The molecule has 0 atom stereocenters. The summed E-state index contributed by atoms with van der Waals surface area (Å²) in [4.78, 5) is 2.44. The molecule has 0 aliphatic rings. The first-order valence-corrected chi connectivity index (χ1v) is 21.6. The van der Waals surface area contributed by atoms with E-state index >= 15 is 0 Å². The van der Waals surface area contributed by atoms with Crippen LogP contribution in [0.1, 0.15) is 0 Å². The molecule has 2 heterocycles. The van der Waals surface area contributed by atoms with Gasteiger partial charge in [0.2, 0.25) is 0 Å². The van der Waals surface area contributed by atoms with Gasteiger partial charge in [0.25, 0.3) is 0 Å². The Morgan fingerprint density at radius 2 is 0.934 bits per heavy atom. The van der Waals surface area contributed by atoms with Crippen LogP contribution in [0.15, 0.2) is 229 Å². The Labute approximate surface area is 357 Å². The maximum absolute atomic E-state index is 6.30. The van der Waals surface area contributed by atoms with Crippen molar-refractivity contribution in [2.75, 3.05) is 4.90 Å². The fourth-order valence-electron chi connectivity index (χ4n) is 9.34. The third-order valence-electron chi connectivity index (χ3n) is 12.1. The normalized spacial score (nSPS) is 11.6. The van der Waals surface area contributed by atoms with Gasteiger partial charge in [-0.15, -0.1) is 11.3 Å². The van der Waals surface area contributed by atoms with E-state index in [1.165, 1.54) is 58.8 Å². The molecule has 12 rings (SSSR count). The van der Waals surface area contributed by atoms with E-state index in [0.29, 0.717) is 0 Å². The first kappa shape index (κ1) is 35.2. The summed E-state index contributed by atoms with van der Waals surface area (Å²) in [5.41, 5.74) is 14.6. The largest absolute Gasteiger partial charge is 0.456 e. The van der Waals surface area contributed by atoms with Crippen molar-refractivity contribution in [3.8, 4) is 44.5 Å². The molecular weight excluding hydrogens is 759 g/mol. The van der Waals surface area contributed by atoms with Gasteiger partial charge in [-0.05, 0) is 98.2 Å². The summed E-state index contributed by atoms with van der Waals surface area (Å²) in [6, 6.07) is 81.2. The van der Waals surface area contributed by atoms with Crippen molar-refractivity contribution in [3.63, 3.8) is 0 Å². The van der Waals surface area contributed by atoms with Crippen molar-refractivity contribution < 1.29 is 4.42 Å². The highest BCUT2D eigenvalue weighted by molar-refractivity contribution is 7.26. The van der Waals surface area contributed by atoms with E-state index < -0.39 is 0 Å². The second-order valence-corrected chi connectivity index (χ2v) is 16.6. The highest BCUT2D eigenvalue weighted by Crippen LogP contribution is 2.47. The standard InChI is InChI=1S/C58H37NOS/c1-2-15-38(16-3-1)44-24-11-17-40-18-12-27-49(56(40)44)47-21-4-7-29-52(47)59(42-35-33-39(34-36-42)45-25-14-31-54-57(45)51-23-5-8-30-53(51)60-54)43-20-10-19-41(37-43)46-26-13-28-50-48-22-6-9-32-55(48)61-58(46)50/h1-37H. The zero-order chi connectivity index (χ0) is 40.3. The molecule has 0 aliphatic heterocycles. The van der Waals surface area contributed by atoms with E-state index in [2.05, 4.69) is 217 Å². The van der Waals surface area contributed by atoms with E-state index in [1.54, 1.807) is 0 Å². The number of benzene rings is 10. The minimum absolute atomic E-state index is 0.897. The molecule has 2 nitrogen and oxygen atoms in total. The molecule has 0 N–H and O–H groups in total. The molecule has 0 radical (unpaired) electrons. The fourth-order valence-corrected chi connectivity index (χ4v) is 10.6. The van der Waals surface area contributed by atoms with Gasteiger partial charge < -0.3 is 9.32 Å². The summed E-state index contributed by atoms with van der Waals surface area (Å²) < 4.78 is 8.91. The Kier molecular flexibility index (Phi) is 8.39. The highest BCUT2D eigenvalue weighted by atomic mass is 32.1. The van der Waals surface area contributed by atoms with Crippen LogP contribution < -0.4 is 4.90 Å². The lowest BCUT2D eigenvalue weighted by Gasteiger charge is -2.29. The predicted octanol–water partition coefficient (Wildman–Crippen LogP) is 17.2. The summed E-state index contributed by atoms with van der Waals surface area (Å²) in [7, 11) is 0. The minimum atomic E-state index is 0.897. The molecule has 12 aromatic rings. The van der Waals surface area contributed by atoms with E-state index in [-0.39, 0.29) is 0 Å². The zero-order valence-corrected chi connectivity index (χ0v) is 33.9. The molecule has 2 aromatic heterocycles. The van der Waals surface area contributed by atoms with E-state index in [9.17, 15) is 0 Å². The Balaban J connectivity index is 1.07. The Morgan fingerprint density at radius 3 is 1.80 bits per heavy atom. The lowest BCUT2D eigenvalue weighted by atomic mass is 9.90. The monoisotopic (exact) mass is 795 g/mol. The molecule has 0 bridgehead atoms. The molecule has 0 saturated heterocycles. The van der Waals surface area contributed by atoms with Crippen LogP contribution in [0.4, 0.5) is 17.1 Å². The molecule has 286 valence electrons. The smallest absolute Gasteiger partial charge is 0.136 e. The van der Waals surface area contributed by atoms with Gasteiger partial charge in [-0.2, -0.15) is 0 Å². The van der Waals surface area contributed by atoms with E-state index in [0.717, 1.165) is 55.7 Å². The van der Waals surface area contributed by atoms with Crippen LogP contribution in [-0.4, -0.2) is 0 Å². The van der Waals surface area contributed by atoms with Gasteiger partial charge in [-0.3, -0.25) is 0 Å². The second kappa shape index (κ2) is 14.5. The van der Waals surface area contributed by atoms with Crippen molar-refractivity contribution >= 4 is 81.3 Å². The molecule has 3 heteroatoms. The number of nitrogens with zero attached hydrogens (tertiary/aromatic N) is 1. The number of para-hydroxylation sites is 2. The van der Waals surface area contributed by atoms with Gasteiger partial charge in [-0.1, -0.05) is 176 Å². The quantitative estimate of drug-likeness (QED) is 0.160. The SMILES string of the molecule is c1ccc(-c2cccc3cccc(-c4ccccc4N(c4ccc(-c5cccc6oc7ccccc7c56)cc4)c4cccc(-c5cccc6c5sc5ccccc56)c4)c23)cc1. The zero-order valence-electron chi connectivity index (χ0n) is 33.1. The van der Waals surface area contributed by atoms with Gasteiger partial charge in [-0.25, -0.2) is 0 Å². The number of anilines is 3. The van der Waals surface area contributed by atoms with Crippen LogP contribution in [0.3, 0.4) is 0 Å². The summed E-state index contributed by atoms with van der Waals surface area (Å²) in [5.74, 6) is 0. The Hall–Kier alpha value is -7.72. The summed E-state index contributed by atoms with van der Waals surface area (Å²) in [5, 5.41) is 7.32. The van der Waals surface area contributed by atoms with Crippen LogP contribution in [0.25, 0.3) is 97.4 Å². The van der Waals surface area contributed by atoms with Crippen molar-refractivity contribution in [1.29, 1.82) is 0 Å². The van der Waals surface area contributed by atoms with Crippen LogP contribution in [0.2, 0.25) is 0 Å². The van der Waals surface area contributed by atoms with Gasteiger partial charge in [0, 0.05) is 47.9 Å². The predicted molar refractivity (Wildman–Crippen MR) is 261 cm³/mol. The fraction of sp³-hybridized carbons (Fsp3) is 0. The minimum Gasteiger partial charge on any atom is -0.456 e. The highest BCUT2D eigenvalue weighted by Gasteiger charge is 2.21. The average molecular weight is 796 g/mol. The number of thiophene rings is 1. The third-order valence-corrected chi connectivity index (χ3v) is 13.3. The van der Waals surface area contributed by atoms with Gasteiger partial charge >= 0.3 is 0 Å². The first-order valence-electron chi connectivity index (χ1n) is 20.7. The first-order chi connectivity index (χ1) is 30.3. The van der Waals surface area contributed by atoms with Crippen LogP contribution in [-0.2, 0) is 0 Å². The maximum Gasteiger partial charge on any atom is 0.136 e. The second-order valence-electron chi connectivity index (χ2n) is 15.6. The van der Waals surface area contributed by atoms with Gasteiger partial charge in [0.15, 0.2) is 0 Å². The van der Waals surface area contributed by atoms with Crippen molar-refractivity contribution in [1.82, 2.24) is 0 Å². The van der Waals surface area contributed by atoms with Crippen LogP contribution >= 0.6 is 11.3 Å². The Morgan fingerprint density at radius 1 is 0.344 bits per heavy atom. The molecule has 0 saturated carbocycles. The molecule has 0 spiro atoms. The number of rotatable bonds is 7. The van der Waals surface area contributed by atoms with Crippen molar-refractivity contribution in [2.45, 2.75) is 0 Å².